The summed E-state index contributed by atoms with van der Waals surface area (Å²) in [5.41, 5.74) is 6.26. The lowest BCUT2D eigenvalue weighted by Crippen LogP contribution is -2.18. The SMILES string of the molecule is Cc1cc(OCCC[C@H](CN)CC(=O)O)cc([N+](=O)[O-])c1. The summed E-state index contributed by atoms with van der Waals surface area (Å²) in [5.74, 6) is -0.483. The molecule has 0 fully saturated rings. The van der Waals surface area contributed by atoms with Gasteiger partial charge in [0, 0.05) is 12.5 Å². The molecule has 0 saturated carbocycles. The highest BCUT2D eigenvalue weighted by Crippen LogP contribution is 2.22. The van der Waals surface area contributed by atoms with Crippen LogP contribution >= 0.6 is 0 Å². The molecular formula is C14H20N2O5. The highest BCUT2D eigenvalue weighted by atomic mass is 16.6. The Morgan fingerprint density at radius 1 is 1.48 bits per heavy atom. The van der Waals surface area contributed by atoms with E-state index in [9.17, 15) is 14.9 Å². The Bertz CT molecular complexity index is 504. The van der Waals surface area contributed by atoms with Gasteiger partial charge in [-0.2, -0.15) is 0 Å². The number of aryl methyl sites for hydroxylation is 1. The molecule has 0 heterocycles. The van der Waals surface area contributed by atoms with Crippen LogP contribution in [0.2, 0.25) is 0 Å². The number of rotatable bonds is 9. The van der Waals surface area contributed by atoms with Gasteiger partial charge < -0.3 is 15.6 Å². The number of nitrogens with zero attached hydrogens (tertiary/aromatic N) is 1. The van der Waals surface area contributed by atoms with Gasteiger partial charge in [-0.3, -0.25) is 14.9 Å². The second-order valence-corrected chi connectivity index (χ2v) is 4.95. The first-order chi connectivity index (χ1) is 9.92. The van der Waals surface area contributed by atoms with E-state index < -0.39 is 10.9 Å². The summed E-state index contributed by atoms with van der Waals surface area (Å²) in [6.07, 6.45) is 1.35. The van der Waals surface area contributed by atoms with Gasteiger partial charge in [-0.1, -0.05) is 0 Å². The Hall–Kier alpha value is -2.15. The average molecular weight is 296 g/mol. The maximum absolute atomic E-state index is 10.7. The Morgan fingerprint density at radius 2 is 2.19 bits per heavy atom. The van der Waals surface area contributed by atoms with E-state index in [2.05, 4.69) is 0 Å². The number of benzene rings is 1. The lowest BCUT2D eigenvalue weighted by Gasteiger charge is -2.12. The van der Waals surface area contributed by atoms with E-state index in [0.29, 0.717) is 31.7 Å². The van der Waals surface area contributed by atoms with Gasteiger partial charge in [0.2, 0.25) is 0 Å². The number of carboxylic acid groups (broad SMARTS) is 1. The minimum Gasteiger partial charge on any atom is -0.493 e. The highest BCUT2D eigenvalue weighted by Gasteiger charge is 2.12. The summed E-state index contributed by atoms with van der Waals surface area (Å²) in [4.78, 5) is 20.9. The Kier molecular flexibility index (Phi) is 6.61. The predicted octanol–water partition coefficient (Wildman–Crippen LogP) is 2.11. The van der Waals surface area contributed by atoms with Gasteiger partial charge in [-0.15, -0.1) is 0 Å². The molecule has 1 aromatic carbocycles. The third-order valence-electron chi connectivity index (χ3n) is 3.07. The third-order valence-corrected chi connectivity index (χ3v) is 3.07. The molecule has 3 N–H and O–H groups in total. The summed E-state index contributed by atoms with van der Waals surface area (Å²) in [7, 11) is 0. The molecule has 7 heteroatoms. The minimum absolute atomic E-state index is 0.00397. The van der Waals surface area contributed by atoms with E-state index in [0.717, 1.165) is 5.56 Å². The summed E-state index contributed by atoms with van der Waals surface area (Å²) < 4.78 is 5.48. The summed E-state index contributed by atoms with van der Waals surface area (Å²) >= 11 is 0. The molecule has 0 aliphatic carbocycles. The van der Waals surface area contributed by atoms with Crippen LogP contribution in [0.15, 0.2) is 18.2 Å². The van der Waals surface area contributed by atoms with Gasteiger partial charge in [0.05, 0.1) is 17.6 Å². The van der Waals surface area contributed by atoms with Crippen LogP contribution in [-0.4, -0.2) is 29.2 Å². The van der Waals surface area contributed by atoms with Crippen LogP contribution in [0.5, 0.6) is 5.75 Å². The molecule has 0 unspecified atom stereocenters. The van der Waals surface area contributed by atoms with Crippen molar-refractivity contribution in [3.8, 4) is 5.75 Å². The molecular weight excluding hydrogens is 276 g/mol. The standard InChI is InChI=1S/C14H20N2O5/c1-10-5-12(16(19)20)8-13(6-10)21-4-2-3-11(9-15)7-14(17)18/h5-6,8,11H,2-4,7,9,15H2,1H3,(H,17,18)/t11-/m0/s1. The van der Waals surface area contributed by atoms with Crippen molar-refractivity contribution in [2.75, 3.05) is 13.2 Å². The highest BCUT2D eigenvalue weighted by molar-refractivity contribution is 5.67. The van der Waals surface area contributed by atoms with Crippen molar-refractivity contribution >= 4 is 11.7 Å². The van der Waals surface area contributed by atoms with Crippen molar-refractivity contribution in [3.63, 3.8) is 0 Å². The number of non-ortho nitro benzene ring substituents is 1. The number of carbonyl (C=O) groups is 1. The van der Waals surface area contributed by atoms with Crippen molar-refractivity contribution in [1.82, 2.24) is 0 Å². The van der Waals surface area contributed by atoms with Crippen molar-refractivity contribution in [2.45, 2.75) is 26.2 Å². The lowest BCUT2D eigenvalue weighted by molar-refractivity contribution is -0.385. The number of carboxylic acids is 1. The molecule has 0 radical (unpaired) electrons. The third kappa shape index (κ3) is 6.22. The van der Waals surface area contributed by atoms with Gasteiger partial charge in [-0.05, 0) is 43.9 Å². The van der Waals surface area contributed by atoms with Gasteiger partial charge in [0.15, 0.2) is 0 Å². The van der Waals surface area contributed by atoms with E-state index in [-0.39, 0.29) is 18.0 Å². The van der Waals surface area contributed by atoms with Crippen LogP contribution in [0.1, 0.15) is 24.8 Å². The van der Waals surface area contributed by atoms with Gasteiger partial charge in [0.1, 0.15) is 5.75 Å². The quantitative estimate of drug-likeness (QED) is 0.409. The normalized spacial score (nSPS) is 11.9. The molecule has 0 saturated heterocycles. The average Bonchev–Trinajstić information content (AvgIpc) is 2.41. The Morgan fingerprint density at radius 3 is 2.76 bits per heavy atom. The zero-order chi connectivity index (χ0) is 15.8. The fourth-order valence-electron chi connectivity index (χ4n) is 2.03. The molecule has 7 nitrogen and oxygen atoms in total. The van der Waals surface area contributed by atoms with Crippen LogP contribution in [0, 0.1) is 23.0 Å². The molecule has 1 aromatic rings. The fraction of sp³-hybridized carbons (Fsp3) is 0.500. The summed E-state index contributed by atoms with van der Waals surface area (Å²) in [6.45, 7) is 2.45. The minimum atomic E-state index is -0.860. The zero-order valence-electron chi connectivity index (χ0n) is 11.9. The number of hydrogen-bond acceptors (Lipinski definition) is 5. The smallest absolute Gasteiger partial charge is 0.303 e. The lowest BCUT2D eigenvalue weighted by atomic mass is 10.00. The van der Waals surface area contributed by atoms with Crippen LogP contribution < -0.4 is 10.5 Å². The number of hydrogen-bond donors (Lipinski definition) is 2. The number of nitro groups is 1. The van der Waals surface area contributed by atoms with Gasteiger partial charge in [0.25, 0.3) is 5.69 Å². The van der Waals surface area contributed by atoms with Gasteiger partial charge >= 0.3 is 5.97 Å². The Labute approximate surface area is 122 Å². The van der Waals surface area contributed by atoms with E-state index >= 15 is 0 Å². The molecule has 116 valence electrons. The van der Waals surface area contributed by atoms with E-state index in [1.807, 2.05) is 0 Å². The van der Waals surface area contributed by atoms with Crippen LogP contribution in [0.25, 0.3) is 0 Å². The van der Waals surface area contributed by atoms with E-state index in [1.54, 1.807) is 13.0 Å². The molecule has 0 spiro atoms. The largest absolute Gasteiger partial charge is 0.493 e. The van der Waals surface area contributed by atoms with E-state index in [4.69, 9.17) is 15.6 Å². The summed E-state index contributed by atoms with van der Waals surface area (Å²) in [6, 6.07) is 4.58. The van der Waals surface area contributed by atoms with E-state index in [1.165, 1.54) is 12.1 Å². The van der Waals surface area contributed by atoms with Crippen molar-refractivity contribution in [1.29, 1.82) is 0 Å². The number of aliphatic carboxylic acids is 1. The molecule has 0 bridgehead atoms. The molecule has 0 aliphatic rings. The maximum Gasteiger partial charge on any atom is 0.303 e. The Balaban J connectivity index is 2.45. The number of ether oxygens (including phenoxy) is 1. The predicted molar refractivity (Wildman–Crippen MR) is 77.4 cm³/mol. The molecule has 1 rings (SSSR count). The van der Waals surface area contributed by atoms with Crippen molar-refractivity contribution in [2.24, 2.45) is 11.7 Å². The van der Waals surface area contributed by atoms with Crippen LogP contribution in [0.4, 0.5) is 5.69 Å². The molecule has 1 atom stereocenters. The zero-order valence-corrected chi connectivity index (χ0v) is 11.9. The topological polar surface area (TPSA) is 116 Å². The molecule has 0 aliphatic heterocycles. The number of nitrogens with two attached hydrogens (primary N) is 1. The molecule has 0 aromatic heterocycles. The van der Waals surface area contributed by atoms with Crippen LogP contribution in [-0.2, 0) is 4.79 Å². The maximum atomic E-state index is 10.7. The second-order valence-electron chi connectivity index (χ2n) is 4.95. The number of nitro benzene ring substituents is 1. The van der Waals surface area contributed by atoms with Crippen molar-refractivity contribution < 1.29 is 19.6 Å². The van der Waals surface area contributed by atoms with Crippen LogP contribution in [0.3, 0.4) is 0 Å². The first-order valence-corrected chi connectivity index (χ1v) is 6.73. The summed E-state index contributed by atoms with van der Waals surface area (Å²) in [5, 5.41) is 19.5. The fourth-order valence-corrected chi connectivity index (χ4v) is 2.03. The van der Waals surface area contributed by atoms with Crippen molar-refractivity contribution in [3.05, 3.63) is 33.9 Å². The monoisotopic (exact) mass is 296 g/mol. The first-order valence-electron chi connectivity index (χ1n) is 6.73. The van der Waals surface area contributed by atoms with Gasteiger partial charge in [-0.25, -0.2) is 0 Å². The second kappa shape index (κ2) is 8.21. The molecule has 0 amide bonds. The first kappa shape index (κ1) is 16.9. The molecule has 21 heavy (non-hydrogen) atoms.